The Kier molecular flexibility index (Phi) is 4.10. The second-order valence-electron chi connectivity index (χ2n) is 5.05. The van der Waals surface area contributed by atoms with Gasteiger partial charge in [-0.3, -0.25) is 0 Å². The van der Waals surface area contributed by atoms with Crippen molar-refractivity contribution in [3.05, 3.63) is 46.8 Å². The second kappa shape index (κ2) is 5.99. The number of piperazine rings is 1. The van der Waals surface area contributed by atoms with Gasteiger partial charge in [0.2, 0.25) is 0 Å². The van der Waals surface area contributed by atoms with Gasteiger partial charge in [0.25, 0.3) is 0 Å². The molecular weight excluding hydrogens is 316 g/mol. The van der Waals surface area contributed by atoms with Crippen molar-refractivity contribution in [2.45, 2.75) is 6.04 Å². The van der Waals surface area contributed by atoms with Crippen LogP contribution in [0.4, 0.5) is 0 Å². The molecule has 1 aliphatic heterocycles. The molecule has 0 amide bonds. The average molecular weight is 333 g/mol. The SMILES string of the molecule is CN1CCNC(c2nccc(-c3ccccc3Br)n2)C1. The lowest BCUT2D eigenvalue weighted by Gasteiger charge is -2.29. The Morgan fingerprint density at radius 3 is 2.95 bits per heavy atom. The Hall–Kier alpha value is -1.30. The molecule has 1 N–H and O–H groups in total. The molecule has 0 spiro atoms. The lowest BCUT2D eigenvalue weighted by Crippen LogP contribution is -2.44. The van der Waals surface area contributed by atoms with Crippen molar-refractivity contribution in [3.8, 4) is 11.3 Å². The standard InChI is InChI=1S/C15H17BrN4/c1-20-9-8-17-14(10-20)15-18-7-6-13(19-15)11-4-2-3-5-12(11)16/h2-7,14,17H,8-10H2,1H3. The number of aromatic nitrogens is 2. The van der Waals surface area contributed by atoms with Gasteiger partial charge in [-0.15, -0.1) is 0 Å². The monoisotopic (exact) mass is 332 g/mol. The Bertz CT molecular complexity index is 602. The molecule has 0 bridgehead atoms. The van der Waals surface area contributed by atoms with Crippen LogP contribution in [-0.2, 0) is 0 Å². The van der Waals surface area contributed by atoms with Crippen LogP contribution in [0, 0.1) is 0 Å². The molecular formula is C15H17BrN4. The maximum absolute atomic E-state index is 4.73. The molecule has 1 aliphatic rings. The number of hydrogen-bond donors (Lipinski definition) is 1. The van der Waals surface area contributed by atoms with Gasteiger partial charge < -0.3 is 10.2 Å². The van der Waals surface area contributed by atoms with Crippen molar-refractivity contribution in [2.24, 2.45) is 0 Å². The lowest BCUT2D eigenvalue weighted by atomic mass is 10.1. The summed E-state index contributed by atoms with van der Waals surface area (Å²) in [6.07, 6.45) is 1.84. The number of benzene rings is 1. The van der Waals surface area contributed by atoms with Crippen LogP contribution in [0.3, 0.4) is 0 Å². The molecule has 0 radical (unpaired) electrons. The fraction of sp³-hybridized carbons (Fsp3) is 0.333. The molecule has 5 heteroatoms. The third-order valence-corrected chi connectivity index (χ3v) is 4.21. The highest BCUT2D eigenvalue weighted by Crippen LogP contribution is 2.26. The fourth-order valence-corrected chi connectivity index (χ4v) is 2.92. The molecule has 3 rings (SSSR count). The largest absolute Gasteiger partial charge is 0.305 e. The fourth-order valence-electron chi connectivity index (χ4n) is 2.43. The summed E-state index contributed by atoms with van der Waals surface area (Å²) in [4.78, 5) is 11.5. The topological polar surface area (TPSA) is 41.0 Å². The van der Waals surface area contributed by atoms with E-state index in [-0.39, 0.29) is 6.04 Å². The number of halogens is 1. The van der Waals surface area contributed by atoms with E-state index in [2.05, 4.69) is 44.2 Å². The van der Waals surface area contributed by atoms with Gasteiger partial charge in [-0.25, -0.2) is 9.97 Å². The normalized spacial score (nSPS) is 20.0. The number of likely N-dealkylation sites (N-methyl/N-ethyl adjacent to an activating group) is 1. The highest BCUT2D eigenvalue weighted by atomic mass is 79.9. The number of hydrogen-bond acceptors (Lipinski definition) is 4. The van der Waals surface area contributed by atoms with Crippen molar-refractivity contribution in [1.29, 1.82) is 0 Å². The van der Waals surface area contributed by atoms with E-state index < -0.39 is 0 Å². The van der Waals surface area contributed by atoms with E-state index in [9.17, 15) is 0 Å². The third-order valence-electron chi connectivity index (χ3n) is 3.51. The zero-order valence-corrected chi connectivity index (χ0v) is 13.0. The quantitative estimate of drug-likeness (QED) is 0.917. The summed E-state index contributed by atoms with van der Waals surface area (Å²) in [6, 6.07) is 10.3. The van der Waals surface area contributed by atoms with E-state index in [4.69, 9.17) is 4.98 Å². The van der Waals surface area contributed by atoms with Crippen molar-refractivity contribution in [1.82, 2.24) is 20.2 Å². The molecule has 1 aromatic heterocycles. The van der Waals surface area contributed by atoms with Crippen LogP contribution in [0.25, 0.3) is 11.3 Å². The predicted molar refractivity (Wildman–Crippen MR) is 83.4 cm³/mol. The van der Waals surface area contributed by atoms with Crippen LogP contribution in [0.1, 0.15) is 11.9 Å². The lowest BCUT2D eigenvalue weighted by molar-refractivity contribution is 0.235. The number of rotatable bonds is 2. The molecule has 1 atom stereocenters. The van der Waals surface area contributed by atoms with Gasteiger partial charge in [-0.2, -0.15) is 0 Å². The van der Waals surface area contributed by atoms with Crippen molar-refractivity contribution in [2.75, 3.05) is 26.7 Å². The maximum Gasteiger partial charge on any atom is 0.147 e. The van der Waals surface area contributed by atoms with Gasteiger partial charge in [-0.05, 0) is 19.2 Å². The Morgan fingerprint density at radius 2 is 2.15 bits per heavy atom. The first-order valence-electron chi connectivity index (χ1n) is 6.74. The predicted octanol–water partition coefficient (Wildman–Crippen LogP) is 2.48. The minimum atomic E-state index is 0.205. The van der Waals surface area contributed by atoms with Gasteiger partial charge in [0, 0.05) is 35.9 Å². The third kappa shape index (κ3) is 2.90. The Balaban J connectivity index is 1.92. The van der Waals surface area contributed by atoms with Gasteiger partial charge in [0.05, 0.1) is 11.7 Å². The molecule has 20 heavy (non-hydrogen) atoms. The molecule has 1 fully saturated rings. The summed E-state index contributed by atoms with van der Waals surface area (Å²) in [5, 5.41) is 3.48. The first-order chi connectivity index (χ1) is 9.74. The summed E-state index contributed by atoms with van der Waals surface area (Å²) < 4.78 is 1.05. The van der Waals surface area contributed by atoms with E-state index in [0.717, 1.165) is 41.2 Å². The zero-order chi connectivity index (χ0) is 13.9. The molecule has 2 aromatic rings. The summed E-state index contributed by atoms with van der Waals surface area (Å²) in [5.74, 6) is 0.866. The molecule has 104 valence electrons. The minimum Gasteiger partial charge on any atom is -0.305 e. The number of nitrogens with one attached hydrogen (secondary N) is 1. The highest BCUT2D eigenvalue weighted by molar-refractivity contribution is 9.10. The van der Waals surface area contributed by atoms with Crippen LogP contribution in [0.2, 0.25) is 0 Å². The van der Waals surface area contributed by atoms with E-state index in [0.29, 0.717) is 0 Å². The second-order valence-corrected chi connectivity index (χ2v) is 5.90. The summed E-state index contributed by atoms with van der Waals surface area (Å²) in [5.41, 5.74) is 2.05. The molecule has 1 aromatic carbocycles. The Morgan fingerprint density at radius 1 is 1.30 bits per heavy atom. The average Bonchev–Trinajstić information content (AvgIpc) is 2.48. The van der Waals surface area contributed by atoms with E-state index in [1.807, 2.05) is 30.5 Å². The van der Waals surface area contributed by atoms with E-state index in [1.54, 1.807) is 0 Å². The van der Waals surface area contributed by atoms with Gasteiger partial charge in [-0.1, -0.05) is 34.1 Å². The molecule has 1 unspecified atom stereocenters. The van der Waals surface area contributed by atoms with Crippen LogP contribution < -0.4 is 5.32 Å². The van der Waals surface area contributed by atoms with Crippen LogP contribution in [0.15, 0.2) is 41.0 Å². The minimum absolute atomic E-state index is 0.205. The van der Waals surface area contributed by atoms with Crippen LogP contribution in [-0.4, -0.2) is 41.5 Å². The molecule has 0 saturated carbocycles. The van der Waals surface area contributed by atoms with E-state index in [1.165, 1.54) is 0 Å². The highest BCUT2D eigenvalue weighted by Gasteiger charge is 2.21. The van der Waals surface area contributed by atoms with Gasteiger partial charge >= 0.3 is 0 Å². The maximum atomic E-state index is 4.73. The van der Waals surface area contributed by atoms with Gasteiger partial charge in [0.1, 0.15) is 5.82 Å². The first-order valence-corrected chi connectivity index (χ1v) is 7.53. The molecule has 4 nitrogen and oxygen atoms in total. The van der Waals surface area contributed by atoms with Crippen molar-refractivity contribution in [3.63, 3.8) is 0 Å². The van der Waals surface area contributed by atoms with Crippen molar-refractivity contribution >= 4 is 15.9 Å². The Labute approximate surface area is 127 Å². The molecule has 1 saturated heterocycles. The van der Waals surface area contributed by atoms with Crippen molar-refractivity contribution < 1.29 is 0 Å². The number of nitrogens with zero attached hydrogens (tertiary/aromatic N) is 3. The first kappa shape index (κ1) is 13.7. The van der Waals surface area contributed by atoms with E-state index >= 15 is 0 Å². The summed E-state index contributed by atoms with van der Waals surface area (Å²) in [7, 11) is 2.13. The molecule has 0 aliphatic carbocycles. The van der Waals surface area contributed by atoms with Gasteiger partial charge in [0.15, 0.2) is 0 Å². The van der Waals surface area contributed by atoms with Crippen LogP contribution >= 0.6 is 15.9 Å². The smallest absolute Gasteiger partial charge is 0.147 e. The van der Waals surface area contributed by atoms with Crippen LogP contribution in [0.5, 0.6) is 0 Å². The summed E-state index contributed by atoms with van der Waals surface area (Å²) >= 11 is 3.58. The zero-order valence-electron chi connectivity index (χ0n) is 11.4. The summed E-state index contributed by atoms with van der Waals surface area (Å²) in [6.45, 7) is 2.99. The molecule has 2 heterocycles.